The van der Waals surface area contributed by atoms with Gasteiger partial charge in [0, 0.05) is 25.4 Å². The van der Waals surface area contributed by atoms with Crippen molar-refractivity contribution < 1.29 is 4.79 Å². The molecule has 1 aliphatic heterocycles. The van der Waals surface area contributed by atoms with Crippen LogP contribution in [0.15, 0.2) is 29.3 Å². The van der Waals surface area contributed by atoms with Crippen molar-refractivity contribution in [2.45, 2.75) is 58.7 Å². The summed E-state index contributed by atoms with van der Waals surface area (Å²) in [5, 5.41) is 8.61. The molecule has 1 fully saturated rings. The van der Waals surface area contributed by atoms with E-state index in [4.69, 9.17) is 0 Å². The average molecular weight is 343 g/mol. The van der Waals surface area contributed by atoms with Crippen molar-refractivity contribution in [3.05, 3.63) is 46.1 Å². The van der Waals surface area contributed by atoms with Gasteiger partial charge in [-0.2, -0.15) is 10.2 Å². The van der Waals surface area contributed by atoms with Gasteiger partial charge in [-0.25, -0.2) is 4.68 Å². The van der Waals surface area contributed by atoms with Crippen molar-refractivity contribution in [3.63, 3.8) is 0 Å². The molecule has 2 aromatic heterocycles. The molecule has 0 N–H and O–H groups in total. The summed E-state index contributed by atoms with van der Waals surface area (Å²) in [5.74, 6) is -0.100. The molecular weight excluding hydrogens is 318 g/mol. The number of rotatable bonds is 6. The molecule has 1 aliphatic rings. The van der Waals surface area contributed by atoms with Crippen LogP contribution in [0.3, 0.4) is 0 Å². The van der Waals surface area contributed by atoms with Gasteiger partial charge in [0.25, 0.3) is 11.5 Å². The van der Waals surface area contributed by atoms with E-state index in [9.17, 15) is 9.59 Å². The van der Waals surface area contributed by atoms with E-state index in [2.05, 4.69) is 17.1 Å². The Labute approximate surface area is 147 Å². The zero-order chi connectivity index (χ0) is 17.8. The van der Waals surface area contributed by atoms with Crippen LogP contribution in [0.2, 0.25) is 0 Å². The number of hydrogen-bond acceptors (Lipinski definition) is 4. The fourth-order valence-corrected chi connectivity index (χ4v) is 3.25. The first-order valence-electron chi connectivity index (χ1n) is 8.96. The summed E-state index contributed by atoms with van der Waals surface area (Å²) >= 11 is 0. The molecule has 2 aromatic rings. The molecule has 0 radical (unpaired) electrons. The molecule has 25 heavy (non-hydrogen) atoms. The molecule has 1 amide bonds. The second-order valence-corrected chi connectivity index (χ2v) is 6.67. The number of carbonyl (C=O) groups is 1. The van der Waals surface area contributed by atoms with Crippen molar-refractivity contribution in [2.75, 3.05) is 6.54 Å². The molecule has 134 valence electrons. The lowest BCUT2D eigenvalue weighted by molar-refractivity contribution is 0.0712. The molecule has 0 saturated carbocycles. The fourth-order valence-electron chi connectivity index (χ4n) is 3.25. The van der Waals surface area contributed by atoms with Gasteiger partial charge in [-0.15, -0.1) is 0 Å². The number of hydrogen-bond donors (Lipinski definition) is 0. The van der Waals surface area contributed by atoms with Gasteiger partial charge in [0.1, 0.15) is 5.69 Å². The van der Waals surface area contributed by atoms with Crippen molar-refractivity contribution in [1.29, 1.82) is 0 Å². The zero-order valence-electron chi connectivity index (χ0n) is 14.9. The minimum absolute atomic E-state index is 0.100. The van der Waals surface area contributed by atoms with Gasteiger partial charge in [-0.05, 0) is 37.8 Å². The number of likely N-dealkylation sites (tertiary alicyclic amines) is 1. The highest BCUT2D eigenvalue weighted by Gasteiger charge is 2.30. The van der Waals surface area contributed by atoms with Crippen LogP contribution < -0.4 is 5.56 Å². The Hall–Kier alpha value is -2.44. The second-order valence-electron chi connectivity index (χ2n) is 6.67. The summed E-state index contributed by atoms with van der Waals surface area (Å²) in [6, 6.07) is 3.10. The van der Waals surface area contributed by atoms with Crippen molar-refractivity contribution in [1.82, 2.24) is 24.5 Å². The van der Waals surface area contributed by atoms with Crippen molar-refractivity contribution >= 4 is 5.91 Å². The predicted molar refractivity (Wildman–Crippen MR) is 94.4 cm³/mol. The molecule has 1 saturated heterocycles. The minimum atomic E-state index is -0.157. The Morgan fingerprint density at radius 1 is 1.36 bits per heavy atom. The van der Waals surface area contributed by atoms with E-state index in [-0.39, 0.29) is 17.5 Å². The normalized spacial score (nSPS) is 17.2. The summed E-state index contributed by atoms with van der Waals surface area (Å²) in [6.07, 6.45) is 7.60. The molecule has 0 aromatic carbocycles. The number of unbranched alkanes of at least 4 members (excludes halogenated alkanes) is 1. The molecule has 7 heteroatoms. The Morgan fingerprint density at radius 2 is 2.20 bits per heavy atom. The number of aromatic nitrogens is 4. The van der Waals surface area contributed by atoms with Gasteiger partial charge in [0.15, 0.2) is 0 Å². The number of amides is 1. The molecular formula is C18H25N5O2. The maximum Gasteiger partial charge on any atom is 0.274 e. The quantitative estimate of drug-likeness (QED) is 0.802. The molecule has 0 aliphatic carbocycles. The van der Waals surface area contributed by atoms with Crippen LogP contribution in [-0.4, -0.2) is 43.0 Å². The standard InChI is InChI=1S/C18H25N5O2/c1-3-4-10-23-17(24)8-7-16(20-23)18(25)22-9-5-6-15(22)13-21-12-14(2)11-19-21/h7-8,11-12,15H,3-6,9-10,13H2,1-2H3/t15-/m0/s1. The molecule has 3 rings (SSSR count). The summed E-state index contributed by atoms with van der Waals surface area (Å²) in [4.78, 5) is 26.7. The van der Waals surface area contributed by atoms with Gasteiger partial charge >= 0.3 is 0 Å². The summed E-state index contributed by atoms with van der Waals surface area (Å²) in [7, 11) is 0. The van der Waals surface area contributed by atoms with Crippen LogP contribution in [0.25, 0.3) is 0 Å². The van der Waals surface area contributed by atoms with Gasteiger partial charge in [0.2, 0.25) is 0 Å². The second kappa shape index (κ2) is 7.63. The van der Waals surface area contributed by atoms with E-state index in [1.54, 1.807) is 6.07 Å². The monoisotopic (exact) mass is 343 g/mol. The van der Waals surface area contributed by atoms with E-state index in [1.807, 2.05) is 28.9 Å². The van der Waals surface area contributed by atoms with Crippen LogP contribution in [0.1, 0.15) is 48.7 Å². The van der Waals surface area contributed by atoms with E-state index < -0.39 is 0 Å². The largest absolute Gasteiger partial charge is 0.332 e. The maximum atomic E-state index is 12.9. The molecule has 7 nitrogen and oxygen atoms in total. The number of carbonyl (C=O) groups excluding carboxylic acids is 1. The first kappa shape index (κ1) is 17.4. The average Bonchev–Trinajstić information content (AvgIpc) is 3.23. The van der Waals surface area contributed by atoms with Crippen LogP contribution in [0, 0.1) is 6.92 Å². The third kappa shape index (κ3) is 3.97. The molecule has 0 bridgehead atoms. The Bertz CT molecular complexity index is 795. The third-order valence-corrected chi connectivity index (χ3v) is 4.61. The smallest absolute Gasteiger partial charge is 0.274 e. The SMILES string of the molecule is CCCCn1nc(C(=O)N2CCC[C@H]2Cn2cc(C)cn2)ccc1=O. The Balaban J connectivity index is 1.76. The van der Waals surface area contributed by atoms with Gasteiger partial charge in [-0.3, -0.25) is 14.3 Å². The van der Waals surface area contributed by atoms with Crippen molar-refractivity contribution in [3.8, 4) is 0 Å². The molecule has 0 unspecified atom stereocenters. The lowest BCUT2D eigenvalue weighted by Crippen LogP contribution is -2.39. The zero-order valence-corrected chi connectivity index (χ0v) is 14.9. The molecule has 0 spiro atoms. The van der Waals surface area contributed by atoms with Crippen LogP contribution >= 0.6 is 0 Å². The molecule has 1 atom stereocenters. The van der Waals surface area contributed by atoms with Gasteiger partial charge < -0.3 is 4.90 Å². The molecule has 3 heterocycles. The third-order valence-electron chi connectivity index (χ3n) is 4.61. The van der Waals surface area contributed by atoms with E-state index in [1.165, 1.54) is 10.7 Å². The highest BCUT2D eigenvalue weighted by Crippen LogP contribution is 2.20. The van der Waals surface area contributed by atoms with Gasteiger partial charge in [-0.1, -0.05) is 13.3 Å². The summed E-state index contributed by atoms with van der Waals surface area (Å²) < 4.78 is 3.29. The highest BCUT2D eigenvalue weighted by atomic mass is 16.2. The van der Waals surface area contributed by atoms with Crippen molar-refractivity contribution in [2.24, 2.45) is 0 Å². The maximum absolute atomic E-state index is 12.9. The van der Waals surface area contributed by atoms with Crippen LogP contribution in [-0.2, 0) is 13.1 Å². The fraction of sp³-hybridized carbons (Fsp3) is 0.556. The van der Waals surface area contributed by atoms with Crippen LogP contribution in [0.5, 0.6) is 0 Å². The topological polar surface area (TPSA) is 73.0 Å². The lowest BCUT2D eigenvalue weighted by atomic mass is 10.2. The number of aryl methyl sites for hydroxylation is 2. The Morgan fingerprint density at radius 3 is 2.92 bits per heavy atom. The number of nitrogens with zero attached hydrogens (tertiary/aromatic N) is 5. The lowest BCUT2D eigenvalue weighted by Gasteiger charge is -2.24. The van der Waals surface area contributed by atoms with E-state index >= 15 is 0 Å². The van der Waals surface area contributed by atoms with E-state index in [0.29, 0.717) is 18.8 Å². The van der Waals surface area contributed by atoms with E-state index in [0.717, 1.165) is 37.8 Å². The predicted octanol–water partition coefficient (Wildman–Crippen LogP) is 1.85. The first-order valence-corrected chi connectivity index (χ1v) is 8.96. The van der Waals surface area contributed by atoms with Crippen LogP contribution in [0.4, 0.5) is 0 Å². The highest BCUT2D eigenvalue weighted by molar-refractivity contribution is 5.92. The minimum Gasteiger partial charge on any atom is -0.332 e. The Kier molecular flexibility index (Phi) is 5.31. The summed E-state index contributed by atoms with van der Waals surface area (Å²) in [6.45, 7) is 6.03. The van der Waals surface area contributed by atoms with Gasteiger partial charge in [0.05, 0.1) is 18.8 Å². The summed E-state index contributed by atoms with van der Waals surface area (Å²) in [5.41, 5.74) is 1.30. The first-order chi connectivity index (χ1) is 12.1.